The second-order valence-corrected chi connectivity index (χ2v) is 8.73. The lowest BCUT2D eigenvalue weighted by molar-refractivity contribution is -0.120. The minimum absolute atomic E-state index is 0.160. The van der Waals surface area contributed by atoms with Crippen LogP contribution in [0.15, 0.2) is 46.5 Å². The van der Waals surface area contributed by atoms with E-state index in [-0.39, 0.29) is 11.9 Å². The van der Waals surface area contributed by atoms with Crippen LogP contribution in [0.5, 0.6) is 0 Å². The summed E-state index contributed by atoms with van der Waals surface area (Å²) in [5.74, 6) is 1.21. The van der Waals surface area contributed by atoms with E-state index in [0.29, 0.717) is 60.5 Å². The van der Waals surface area contributed by atoms with Gasteiger partial charge in [0.2, 0.25) is 0 Å². The van der Waals surface area contributed by atoms with Crippen molar-refractivity contribution in [2.75, 3.05) is 13.1 Å². The summed E-state index contributed by atoms with van der Waals surface area (Å²) >= 11 is 11.9. The molecular weight excluding hydrogens is 455 g/mol. The van der Waals surface area contributed by atoms with E-state index in [0.717, 1.165) is 11.3 Å². The highest BCUT2D eigenvalue weighted by atomic mass is 35.5. The van der Waals surface area contributed by atoms with Gasteiger partial charge in [-0.15, -0.1) is 0 Å². The van der Waals surface area contributed by atoms with Crippen LogP contribution in [0, 0.1) is 6.92 Å². The Labute approximate surface area is 195 Å². The molecule has 4 rings (SSSR count). The summed E-state index contributed by atoms with van der Waals surface area (Å²) in [6.45, 7) is 3.52. The van der Waals surface area contributed by atoms with Crippen molar-refractivity contribution in [1.29, 1.82) is 0 Å². The summed E-state index contributed by atoms with van der Waals surface area (Å²) in [5.41, 5.74) is 3.37. The monoisotopic (exact) mass is 478 g/mol. The maximum atomic E-state index is 12.5. The van der Waals surface area contributed by atoms with Crippen LogP contribution in [0.4, 0.5) is 4.79 Å². The lowest BCUT2D eigenvalue weighted by atomic mass is 9.91. The number of hydroxylamine groups is 1. The SMILES string of the molecule is Cc1ccc(CNC(=O)C2=CC3(CCN(C(=O)NCc4ccc(Cl)c(Cl)c4)CC3)ON2)o1. The number of carbonyl (C=O) groups is 2. The Morgan fingerprint density at radius 3 is 2.56 bits per heavy atom. The number of amides is 3. The van der Waals surface area contributed by atoms with Crippen molar-refractivity contribution in [2.24, 2.45) is 0 Å². The molecule has 1 spiro atoms. The lowest BCUT2D eigenvalue weighted by Gasteiger charge is -2.36. The zero-order chi connectivity index (χ0) is 22.7. The molecule has 1 saturated heterocycles. The van der Waals surface area contributed by atoms with Gasteiger partial charge in [-0.05, 0) is 42.8 Å². The number of nitrogens with one attached hydrogen (secondary N) is 3. The van der Waals surface area contributed by atoms with Crippen molar-refractivity contribution in [2.45, 2.75) is 38.5 Å². The van der Waals surface area contributed by atoms with Gasteiger partial charge in [0, 0.05) is 32.5 Å². The van der Waals surface area contributed by atoms with Gasteiger partial charge in [0.1, 0.15) is 22.8 Å². The van der Waals surface area contributed by atoms with Gasteiger partial charge in [-0.3, -0.25) is 15.1 Å². The number of nitrogens with zero attached hydrogens (tertiary/aromatic N) is 1. The van der Waals surface area contributed by atoms with Gasteiger partial charge in [0.25, 0.3) is 5.91 Å². The van der Waals surface area contributed by atoms with Crippen molar-refractivity contribution < 1.29 is 18.8 Å². The van der Waals surface area contributed by atoms with Crippen LogP contribution in [0.25, 0.3) is 0 Å². The molecule has 8 nitrogen and oxygen atoms in total. The molecular formula is C22H24Cl2N4O4. The molecule has 32 heavy (non-hydrogen) atoms. The molecule has 2 aromatic rings. The Kier molecular flexibility index (Phi) is 6.64. The second kappa shape index (κ2) is 9.44. The number of benzene rings is 1. The Morgan fingerprint density at radius 1 is 1.09 bits per heavy atom. The first-order valence-corrected chi connectivity index (χ1v) is 11.1. The molecule has 2 aliphatic heterocycles. The fourth-order valence-corrected chi connectivity index (χ4v) is 4.03. The van der Waals surface area contributed by atoms with Crippen molar-refractivity contribution in [1.82, 2.24) is 21.0 Å². The number of hydrogen-bond acceptors (Lipinski definition) is 5. The van der Waals surface area contributed by atoms with E-state index >= 15 is 0 Å². The van der Waals surface area contributed by atoms with Crippen molar-refractivity contribution >= 4 is 35.1 Å². The first kappa shape index (κ1) is 22.5. The van der Waals surface area contributed by atoms with Crippen molar-refractivity contribution in [3.63, 3.8) is 0 Å². The average molecular weight is 479 g/mol. The van der Waals surface area contributed by atoms with E-state index in [1.54, 1.807) is 23.1 Å². The average Bonchev–Trinajstić information content (AvgIpc) is 3.39. The molecule has 0 unspecified atom stereocenters. The van der Waals surface area contributed by atoms with Gasteiger partial charge in [-0.2, -0.15) is 0 Å². The molecule has 0 radical (unpaired) electrons. The molecule has 0 aliphatic carbocycles. The summed E-state index contributed by atoms with van der Waals surface area (Å²) in [6, 6.07) is 8.77. The fourth-order valence-electron chi connectivity index (χ4n) is 3.71. The summed E-state index contributed by atoms with van der Waals surface area (Å²) in [6.07, 6.45) is 2.96. The zero-order valence-electron chi connectivity index (χ0n) is 17.5. The summed E-state index contributed by atoms with van der Waals surface area (Å²) < 4.78 is 5.46. The maximum absolute atomic E-state index is 12.5. The molecule has 0 bridgehead atoms. The van der Waals surface area contributed by atoms with Crippen LogP contribution in [-0.2, 0) is 22.7 Å². The predicted octanol–water partition coefficient (Wildman–Crippen LogP) is 3.67. The third-order valence-electron chi connectivity index (χ3n) is 5.56. The molecule has 170 valence electrons. The molecule has 3 amide bonds. The minimum Gasteiger partial charge on any atom is -0.465 e. The largest absolute Gasteiger partial charge is 0.465 e. The van der Waals surface area contributed by atoms with Crippen LogP contribution in [-0.4, -0.2) is 35.5 Å². The molecule has 2 aliphatic rings. The quantitative estimate of drug-likeness (QED) is 0.608. The number of furan rings is 1. The number of urea groups is 1. The molecule has 1 aromatic carbocycles. The Hall–Kier alpha value is -2.68. The smallest absolute Gasteiger partial charge is 0.317 e. The van der Waals surface area contributed by atoms with Crippen LogP contribution in [0.1, 0.15) is 29.9 Å². The molecule has 0 atom stereocenters. The number of hydrogen-bond donors (Lipinski definition) is 3. The van der Waals surface area contributed by atoms with Gasteiger partial charge in [-0.1, -0.05) is 29.3 Å². The topological polar surface area (TPSA) is 95.8 Å². The highest BCUT2D eigenvalue weighted by molar-refractivity contribution is 6.42. The number of aryl methyl sites for hydroxylation is 1. The van der Waals surface area contributed by atoms with E-state index in [9.17, 15) is 9.59 Å². The Morgan fingerprint density at radius 2 is 1.88 bits per heavy atom. The van der Waals surface area contributed by atoms with Gasteiger partial charge in [0.15, 0.2) is 0 Å². The van der Waals surface area contributed by atoms with Crippen LogP contribution >= 0.6 is 23.2 Å². The number of rotatable bonds is 5. The zero-order valence-corrected chi connectivity index (χ0v) is 19.1. The van der Waals surface area contributed by atoms with E-state index in [1.165, 1.54) is 0 Å². The second-order valence-electron chi connectivity index (χ2n) is 7.92. The van der Waals surface area contributed by atoms with Crippen molar-refractivity contribution in [3.8, 4) is 0 Å². The Bertz CT molecular complexity index is 1040. The molecule has 10 heteroatoms. The highest BCUT2D eigenvalue weighted by Crippen LogP contribution is 2.32. The lowest BCUT2D eigenvalue weighted by Crippen LogP contribution is -2.49. The maximum Gasteiger partial charge on any atom is 0.317 e. The molecule has 0 saturated carbocycles. The number of carbonyl (C=O) groups excluding carboxylic acids is 2. The summed E-state index contributed by atoms with van der Waals surface area (Å²) in [5, 5.41) is 6.63. The number of likely N-dealkylation sites (tertiary alicyclic amines) is 1. The van der Waals surface area contributed by atoms with Crippen molar-refractivity contribution in [3.05, 3.63) is 69.2 Å². The van der Waals surface area contributed by atoms with E-state index in [2.05, 4.69) is 16.1 Å². The first-order chi connectivity index (χ1) is 15.3. The normalized spacial score (nSPS) is 17.1. The minimum atomic E-state index is -0.603. The number of halogens is 2. The van der Waals surface area contributed by atoms with Crippen LogP contribution in [0.2, 0.25) is 10.0 Å². The van der Waals surface area contributed by atoms with Gasteiger partial charge >= 0.3 is 6.03 Å². The van der Waals surface area contributed by atoms with Gasteiger partial charge in [-0.25, -0.2) is 4.79 Å². The van der Waals surface area contributed by atoms with Crippen LogP contribution < -0.4 is 16.1 Å². The summed E-state index contributed by atoms with van der Waals surface area (Å²) in [7, 11) is 0. The van der Waals surface area contributed by atoms with Crippen LogP contribution in [0.3, 0.4) is 0 Å². The summed E-state index contributed by atoms with van der Waals surface area (Å²) in [4.78, 5) is 32.4. The molecule has 3 N–H and O–H groups in total. The molecule has 3 heterocycles. The standard InChI is InChI=1S/C22H24Cl2N4O4/c1-14-2-4-16(31-14)13-25-20(29)19-11-22(32-27-19)6-8-28(9-7-22)21(30)26-12-15-3-5-17(23)18(24)10-15/h2-5,10-11,27H,6-9,12-13H2,1H3,(H,25,29)(H,26,30). The molecule has 1 fully saturated rings. The fraction of sp³-hybridized carbons (Fsp3) is 0.364. The number of piperidine rings is 1. The molecule has 1 aromatic heterocycles. The first-order valence-electron chi connectivity index (χ1n) is 10.3. The third-order valence-corrected chi connectivity index (χ3v) is 6.30. The van der Waals surface area contributed by atoms with Gasteiger partial charge < -0.3 is 20.0 Å². The predicted molar refractivity (Wildman–Crippen MR) is 120 cm³/mol. The van der Waals surface area contributed by atoms with E-state index in [1.807, 2.05) is 25.1 Å². The van der Waals surface area contributed by atoms with E-state index < -0.39 is 5.60 Å². The Balaban J connectivity index is 1.26. The highest BCUT2D eigenvalue weighted by Gasteiger charge is 2.40. The third kappa shape index (κ3) is 5.20. The van der Waals surface area contributed by atoms with Gasteiger partial charge in [0.05, 0.1) is 16.6 Å². The van der Waals surface area contributed by atoms with E-state index in [4.69, 9.17) is 32.5 Å².